The Morgan fingerprint density at radius 2 is 2.21 bits per heavy atom. The van der Waals surface area contributed by atoms with Gasteiger partial charge in [0.05, 0.1) is 6.20 Å². The lowest BCUT2D eigenvalue weighted by Gasteiger charge is -2.17. The highest BCUT2D eigenvalue weighted by molar-refractivity contribution is 7.11. The average Bonchev–Trinajstić information content (AvgIpc) is 3.12. The van der Waals surface area contributed by atoms with Crippen molar-refractivity contribution in [1.82, 2.24) is 20.8 Å². The largest absolute Gasteiger partial charge is 0.357 e. The molecule has 132 valence electrons. The number of H-pyrrole nitrogens is 1. The smallest absolute Gasteiger partial charge is 0.191 e. The zero-order valence-corrected chi connectivity index (χ0v) is 16.0. The summed E-state index contributed by atoms with van der Waals surface area (Å²) >= 11 is 1.87. The first-order valence-electron chi connectivity index (χ1n) is 8.67. The molecule has 0 aliphatic rings. The van der Waals surface area contributed by atoms with Gasteiger partial charge in [-0.25, -0.2) is 0 Å². The van der Waals surface area contributed by atoms with Crippen molar-refractivity contribution in [2.24, 2.45) is 4.99 Å². The minimum Gasteiger partial charge on any atom is -0.357 e. The predicted molar refractivity (Wildman–Crippen MR) is 103 cm³/mol. The lowest BCUT2D eigenvalue weighted by molar-refractivity contribution is 0.644. The number of thiophene rings is 1. The first kappa shape index (κ1) is 18.5. The number of nitrogens with zero attached hydrogens (tertiary/aromatic N) is 2. The standard InChI is InChI=1S/C18H29N5S/c1-5-19-18(20-10-6-7-16-12-21-23-15(16)4)22-13(2)11-17-9-8-14(3)24-17/h8-9,12-13H,5-7,10-11H2,1-4H3,(H,21,23)(H2,19,20,22). The average molecular weight is 348 g/mol. The van der Waals surface area contributed by atoms with Gasteiger partial charge in [0.1, 0.15) is 0 Å². The summed E-state index contributed by atoms with van der Waals surface area (Å²) in [6.45, 7) is 10.2. The van der Waals surface area contributed by atoms with Crippen LogP contribution in [-0.2, 0) is 12.8 Å². The third-order valence-corrected chi connectivity index (χ3v) is 4.86. The maximum atomic E-state index is 4.70. The minimum atomic E-state index is 0.358. The van der Waals surface area contributed by atoms with E-state index in [9.17, 15) is 0 Å². The van der Waals surface area contributed by atoms with Crippen LogP contribution in [0.15, 0.2) is 23.3 Å². The highest BCUT2D eigenvalue weighted by Crippen LogP contribution is 2.16. The molecular formula is C18H29N5S. The van der Waals surface area contributed by atoms with E-state index in [1.54, 1.807) is 0 Å². The van der Waals surface area contributed by atoms with Crippen molar-refractivity contribution in [3.8, 4) is 0 Å². The van der Waals surface area contributed by atoms with E-state index >= 15 is 0 Å². The van der Waals surface area contributed by atoms with Gasteiger partial charge in [-0.3, -0.25) is 10.1 Å². The summed E-state index contributed by atoms with van der Waals surface area (Å²) in [5.41, 5.74) is 2.44. The normalized spacial score (nSPS) is 13.1. The molecule has 5 nitrogen and oxygen atoms in total. The van der Waals surface area contributed by atoms with Gasteiger partial charge in [-0.2, -0.15) is 5.10 Å². The van der Waals surface area contributed by atoms with Crippen LogP contribution >= 0.6 is 11.3 Å². The summed E-state index contributed by atoms with van der Waals surface area (Å²) in [7, 11) is 0. The third kappa shape index (κ3) is 6.00. The molecule has 0 saturated carbocycles. The Kier molecular flexibility index (Phi) is 7.31. The molecule has 0 radical (unpaired) electrons. The van der Waals surface area contributed by atoms with Crippen molar-refractivity contribution in [2.45, 2.75) is 53.0 Å². The molecule has 6 heteroatoms. The van der Waals surface area contributed by atoms with E-state index in [1.165, 1.54) is 15.3 Å². The van der Waals surface area contributed by atoms with Crippen molar-refractivity contribution in [2.75, 3.05) is 13.1 Å². The number of hydrogen-bond donors (Lipinski definition) is 3. The van der Waals surface area contributed by atoms with Gasteiger partial charge >= 0.3 is 0 Å². The second-order valence-electron chi connectivity index (χ2n) is 6.15. The number of guanidine groups is 1. The Hall–Kier alpha value is -1.82. The van der Waals surface area contributed by atoms with E-state index in [-0.39, 0.29) is 0 Å². The highest BCUT2D eigenvalue weighted by atomic mass is 32.1. The Labute approximate surface area is 149 Å². The fourth-order valence-electron chi connectivity index (χ4n) is 2.59. The van der Waals surface area contributed by atoms with Gasteiger partial charge in [0.15, 0.2) is 5.96 Å². The summed E-state index contributed by atoms with van der Waals surface area (Å²) in [5, 5.41) is 13.9. The zero-order chi connectivity index (χ0) is 17.4. The van der Waals surface area contributed by atoms with Crippen LogP contribution in [0, 0.1) is 13.8 Å². The van der Waals surface area contributed by atoms with Crippen molar-refractivity contribution in [3.63, 3.8) is 0 Å². The summed E-state index contributed by atoms with van der Waals surface area (Å²) in [6.07, 6.45) is 4.97. The number of aliphatic imine (C=N–C) groups is 1. The van der Waals surface area contributed by atoms with Crippen LogP contribution in [0.4, 0.5) is 0 Å². The second-order valence-corrected chi connectivity index (χ2v) is 7.52. The van der Waals surface area contributed by atoms with Crippen LogP contribution in [0.5, 0.6) is 0 Å². The lowest BCUT2D eigenvalue weighted by atomic mass is 10.1. The fourth-order valence-corrected chi connectivity index (χ4v) is 3.61. The second kappa shape index (κ2) is 9.47. The van der Waals surface area contributed by atoms with E-state index in [2.05, 4.69) is 60.7 Å². The summed E-state index contributed by atoms with van der Waals surface area (Å²) in [6, 6.07) is 4.76. The molecule has 1 unspecified atom stereocenters. The number of aromatic amines is 1. The van der Waals surface area contributed by atoms with E-state index < -0.39 is 0 Å². The van der Waals surface area contributed by atoms with Crippen LogP contribution in [0.1, 0.15) is 41.3 Å². The lowest BCUT2D eigenvalue weighted by Crippen LogP contribution is -2.43. The molecule has 3 N–H and O–H groups in total. The van der Waals surface area contributed by atoms with Gasteiger partial charge < -0.3 is 10.6 Å². The number of aromatic nitrogens is 2. The molecule has 1 atom stereocenters. The van der Waals surface area contributed by atoms with Crippen LogP contribution < -0.4 is 10.6 Å². The molecule has 0 bridgehead atoms. The molecule has 2 heterocycles. The van der Waals surface area contributed by atoms with Crippen LogP contribution in [0.2, 0.25) is 0 Å². The topological polar surface area (TPSA) is 65.1 Å². The quantitative estimate of drug-likeness (QED) is 0.390. The molecule has 2 aromatic heterocycles. The Morgan fingerprint density at radius 3 is 2.83 bits per heavy atom. The number of nitrogens with one attached hydrogen (secondary N) is 3. The van der Waals surface area contributed by atoms with Gasteiger partial charge in [0, 0.05) is 41.0 Å². The number of aryl methyl sites for hydroxylation is 3. The molecule has 0 aromatic carbocycles. The van der Waals surface area contributed by atoms with Crippen molar-refractivity contribution in [3.05, 3.63) is 39.3 Å². The number of rotatable bonds is 8. The SMILES string of the molecule is CCNC(=NCCCc1cn[nH]c1C)NC(C)Cc1ccc(C)s1. The molecular weight excluding hydrogens is 318 g/mol. The molecule has 2 aromatic rings. The van der Waals surface area contributed by atoms with Crippen LogP contribution in [0.3, 0.4) is 0 Å². The summed E-state index contributed by atoms with van der Waals surface area (Å²) in [5.74, 6) is 0.905. The molecule has 0 amide bonds. The molecule has 0 aliphatic heterocycles. The van der Waals surface area contributed by atoms with Gasteiger partial charge in [0.2, 0.25) is 0 Å². The molecule has 0 saturated heterocycles. The monoisotopic (exact) mass is 347 g/mol. The van der Waals surface area contributed by atoms with Crippen molar-refractivity contribution >= 4 is 17.3 Å². The maximum absolute atomic E-state index is 4.70. The highest BCUT2D eigenvalue weighted by Gasteiger charge is 2.08. The zero-order valence-electron chi connectivity index (χ0n) is 15.1. The van der Waals surface area contributed by atoms with Crippen molar-refractivity contribution in [1.29, 1.82) is 0 Å². The Balaban J connectivity index is 1.80. The van der Waals surface area contributed by atoms with Gasteiger partial charge in [-0.05, 0) is 58.2 Å². The van der Waals surface area contributed by atoms with Crippen LogP contribution in [0.25, 0.3) is 0 Å². The van der Waals surface area contributed by atoms with E-state index in [0.29, 0.717) is 6.04 Å². The molecule has 24 heavy (non-hydrogen) atoms. The maximum Gasteiger partial charge on any atom is 0.191 e. The minimum absolute atomic E-state index is 0.358. The Bertz CT molecular complexity index is 643. The van der Waals surface area contributed by atoms with Gasteiger partial charge in [-0.1, -0.05) is 0 Å². The first-order chi connectivity index (χ1) is 11.6. The van der Waals surface area contributed by atoms with Gasteiger partial charge in [0.25, 0.3) is 0 Å². The Morgan fingerprint density at radius 1 is 1.38 bits per heavy atom. The molecule has 0 spiro atoms. The summed E-state index contributed by atoms with van der Waals surface area (Å²) in [4.78, 5) is 7.48. The summed E-state index contributed by atoms with van der Waals surface area (Å²) < 4.78 is 0. The van der Waals surface area contributed by atoms with Gasteiger partial charge in [-0.15, -0.1) is 11.3 Å². The molecule has 0 aliphatic carbocycles. The van der Waals surface area contributed by atoms with E-state index in [0.717, 1.165) is 44.0 Å². The van der Waals surface area contributed by atoms with E-state index in [1.807, 2.05) is 17.5 Å². The van der Waals surface area contributed by atoms with E-state index in [4.69, 9.17) is 4.99 Å². The first-order valence-corrected chi connectivity index (χ1v) is 9.49. The molecule has 2 rings (SSSR count). The predicted octanol–water partition coefficient (Wildman–Crippen LogP) is 3.21. The van der Waals surface area contributed by atoms with Crippen LogP contribution in [-0.4, -0.2) is 35.3 Å². The number of hydrogen-bond acceptors (Lipinski definition) is 3. The van der Waals surface area contributed by atoms with Crippen molar-refractivity contribution < 1.29 is 0 Å². The third-order valence-electron chi connectivity index (χ3n) is 3.84. The molecule has 0 fully saturated rings. The fraction of sp³-hybridized carbons (Fsp3) is 0.556.